The summed E-state index contributed by atoms with van der Waals surface area (Å²) >= 11 is 3.39. The lowest BCUT2D eigenvalue weighted by molar-refractivity contribution is -0.384. The van der Waals surface area contributed by atoms with Crippen molar-refractivity contribution < 1.29 is 9.66 Å². The second-order valence-corrected chi connectivity index (χ2v) is 6.88. The van der Waals surface area contributed by atoms with Gasteiger partial charge in [0, 0.05) is 16.6 Å². The second-order valence-electron chi connectivity index (χ2n) is 5.96. The third-order valence-electron chi connectivity index (χ3n) is 4.00. The molecule has 0 saturated heterocycles. The van der Waals surface area contributed by atoms with Gasteiger partial charge in [-0.05, 0) is 59.2 Å². The highest BCUT2D eigenvalue weighted by molar-refractivity contribution is 9.10. The van der Waals surface area contributed by atoms with Crippen molar-refractivity contribution in [2.45, 2.75) is 6.61 Å². The van der Waals surface area contributed by atoms with Gasteiger partial charge in [-0.3, -0.25) is 10.1 Å². The van der Waals surface area contributed by atoms with E-state index in [0.29, 0.717) is 17.9 Å². The summed E-state index contributed by atoms with van der Waals surface area (Å²) in [6.45, 7) is 0.295. The van der Waals surface area contributed by atoms with Crippen molar-refractivity contribution in [3.8, 4) is 11.8 Å². The second kappa shape index (κ2) is 8.98. The van der Waals surface area contributed by atoms with Gasteiger partial charge >= 0.3 is 0 Å². The van der Waals surface area contributed by atoms with Crippen LogP contribution in [0.3, 0.4) is 0 Å². The van der Waals surface area contributed by atoms with E-state index in [1.54, 1.807) is 12.1 Å². The highest BCUT2D eigenvalue weighted by atomic mass is 79.9. The summed E-state index contributed by atoms with van der Waals surface area (Å²) in [6, 6.07) is 23.5. The van der Waals surface area contributed by atoms with Gasteiger partial charge in [0.15, 0.2) is 0 Å². The first-order chi connectivity index (χ1) is 13.5. The number of ether oxygens (including phenoxy) is 1. The number of halogens is 1. The highest BCUT2D eigenvalue weighted by Crippen LogP contribution is 2.23. The number of non-ortho nitro benzene ring substituents is 1. The van der Waals surface area contributed by atoms with E-state index in [1.807, 2.05) is 54.6 Å². The maximum atomic E-state index is 10.7. The molecule has 0 atom stereocenters. The fourth-order valence-electron chi connectivity index (χ4n) is 2.55. The first kappa shape index (κ1) is 19.3. The van der Waals surface area contributed by atoms with Gasteiger partial charge in [-0.15, -0.1) is 0 Å². The zero-order valence-electron chi connectivity index (χ0n) is 14.7. The largest absolute Gasteiger partial charge is 0.489 e. The van der Waals surface area contributed by atoms with Crippen molar-refractivity contribution in [3.05, 3.63) is 104 Å². The molecule has 6 heteroatoms. The van der Waals surface area contributed by atoms with Crippen molar-refractivity contribution >= 4 is 33.3 Å². The molecule has 0 N–H and O–H groups in total. The molecule has 0 aliphatic carbocycles. The van der Waals surface area contributed by atoms with Crippen LogP contribution in [0, 0.1) is 21.4 Å². The van der Waals surface area contributed by atoms with Gasteiger partial charge < -0.3 is 4.74 Å². The normalized spacial score (nSPS) is 10.9. The number of hydrogen-bond acceptors (Lipinski definition) is 4. The molecular formula is C22H15BrN2O3. The molecule has 0 aliphatic rings. The van der Waals surface area contributed by atoms with E-state index in [0.717, 1.165) is 21.2 Å². The molecule has 0 aromatic heterocycles. The van der Waals surface area contributed by atoms with E-state index >= 15 is 0 Å². The molecule has 0 saturated carbocycles. The monoisotopic (exact) mass is 434 g/mol. The SMILES string of the molecule is N#C/C(=C/c1cccc(OCc2ccc([N+](=O)[O-])cc2)c1)c1ccc(Br)cc1. The Balaban J connectivity index is 1.73. The first-order valence-corrected chi connectivity index (χ1v) is 9.18. The fraction of sp³-hybridized carbons (Fsp3) is 0.0455. The molecule has 0 fully saturated rings. The van der Waals surface area contributed by atoms with E-state index in [4.69, 9.17) is 4.74 Å². The Kier molecular flexibility index (Phi) is 6.20. The molecule has 0 radical (unpaired) electrons. The van der Waals surface area contributed by atoms with Crippen LogP contribution in [0.5, 0.6) is 5.75 Å². The highest BCUT2D eigenvalue weighted by Gasteiger charge is 2.05. The van der Waals surface area contributed by atoms with Crippen LogP contribution >= 0.6 is 15.9 Å². The third-order valence-corrected chi connectivity index (χ3v) is 4.53. The minimum Gasteiger partial charge on any atom is -0.489 e. The zero-order valence-corrected chi connectivity index (χ0v) is 16.3. The van der Waals surface area contributed by atoms with Crippen LogP contribution in [0.4, 0.5) is 5.69 Å². The van der Waals surface area contributed by atoms with Gasteiger partial charge in [-0.1, -0.05) is 40.2 Å². The van der Waals surface area contributed by atoms with Gasteiger partial charge in [0.25, 0.3) is 5.69 Å². The number of nitrogens with zero attached hydrogens (tertiary/aromatic N) is 2. The summed E-state index contributed by atoms with van der Waals surface area (Å²) in [5.74, 6) is 0.653. The van der Waals surface area contributed by atoms with Gasteiger partial charge in [-0.25, -0.2) is 0 Å². The third kappa shape index (κ3) is 5.06. The molecule has 0 heterocycles. The molecule has 5 nitrogen and oxygen atoms in total. The molecule has 0 amide bonds. The Morgan fingerprint density at radius 2 is 1.82 bits per heavy atom. The number of nitro benzene ring substituents is 1. The molecule has 3 aromatic rings. The minimum atomic E-state index is -0.432. The Bertz CT molecular complexity index is 1050. The summed E-state index contributed by atoms with van der Waals surface area (Å²) < 4.78 is 6.74. The van der Waals surface area contributed by atoms with E-state index in [1.165, 1.54) is 12.1 Å². The van der Waals surface area contributed by atoms with Gasteiger partial charge in [0.2, 0.25) is 0 Å². The van der Waals surface area contributed by atoms with Crippen LogP contribution in [0.25, 0.3) is 11.6 Å². The Hall–Kier alpha value is -3.43. The number of rotatable bonds is 6. The van der Waals surface area contributed by atoms with E-state index in [-0.39, 0.29) is 5.69 Å². The first-order valence-electron chi connectivity index (χ1n) is 8.39. The predicted octanol–water partition coefficient (Wildman–Crippen LogP) is 6.00. The Morgan fingerprint density at radius 1 is 1.11 bits per heavy atom. The number of benzene rings is 3. The molecule has 0 bridgehead atoms. The van der Waals surface area contributed by atoms with Gasteiger partial charge in [0.05, 0.1) is 16.6 Å². The average molecular weight is 435 g/mol. The molecular weight excluding hydrogens is 420 g/mol. The van der Waals surface area contributed by atoms with Crippen LogP contribution in [0.2, 0.25) is 0 Å². The number of nitriles is 1. The lowest BCUT2D eigenvalue weighted by atomic mass is 10.0. The molecule has 0 unspecified atom stereocenters. The van der Waals surface area contributed by atoms with Crippen LogP contribution in [0.1, 0.15) is 16.7 Å². The zero-order chi connectivity index (χ0) is 19.9. The van der Waals surface area contributed by atoms with Crippen molar-refractivity contribution in [1.82, 2.24) is 0 Å². The summed E-state index contributed by atoms with van der Waals surface area (Å²) in [5, 5.41) is 20.2. The van der Waals surface area contributed by atoms with Crippen LogP contribution < -0.4 is 4.74 Å². The minimum absolute atomic E-state index is 0.0489. The average Bonchev–Trinajstić information content (AvgIpc) is 2.72. The summed E-state index contributed by atoms with van der Waals surface area (Å²) in [7, 11) is 0. The quantitative estimate of drug-likeness (QED) is 0.206. The number of hydrogen-bond donors (Lipinski definition) is 0. The van der Waals surface area contributed by atoms with E-state index in [2.05, 4.69) is 22.0 Å². The van der Waals surface area contributed by atoms with Crippen molar-refractivity contribution in [1.29, 1.82) is 5.26 Å². The Morgan fingerprint density at radius 3 is 2.46 bits per heavy atom. The lowest BCUT2D eigenvalue weighted by Gasteiger charge is -2.07. The molecule has 0 aliphatic heterocycles. The molecule has 138 valence electrons. The number of allylic oxidation sites excluding steroid dienone is 1. The van der Waals surface area contributed by atoms with Crippen LogP contribution in [-0.2, 0) is 6.61 Å². The van der Waals surface area contributed by atoms with E-state index in [9.17, 15) is 15.4 Å². The topological polar surface area (TPSA) is 76.2 Å². The molecule has 28 heavy (non-hydrogen) atoms. The smallest absolute Gasteiger partial charge is 0.269 e. The predicted molar refractivity (Wildman–Crippen MR) is 111 cm³/mol. The fourth-order valence-corrected chi connectivity index (χ4v) is 2.82. The summed E-state index contributed by atoms with van der Waals surface area (Å²) in [5.41, 5.74) is 3.12. The maximum Gasteiger partial charge on any atom is 0.269 e. The standard InChI is InChI=1S/C22H15BrN2O3/c23-20-8-6-18(7-9-20)19(14-24)12-17-2-1-3-22(13-17)28-15-16-4-10-21(11-5-16)25(26)27/h1-13H,15H2/b19-12-. The van der Waals surface area contributed by atoms with E-state index < -0.39 is 4.92 Å². The van der Waals surface area contributed by atoms with Crippen molar-refractivity contribution in [2.75, 3.05) is 0 Å². The van der Waals surface area contributed by atoms with Crippen molar-refractivity contribution in [3.63, 3.8) is 0 Å². The molecule has 3 aromatic carbocycles. The maximum absolute atomic E-state index is 10.7. The molecule has 3 rings (SSSR count). The molecule has 0 spiro atoms. The van der Waals surface area contributed by atoms with Crippen LogP contribution in [-0.4, -0.2) is 4.92 Å². The number of nitro groups is 1. The Labute approximate surface area is 170 Å². The van der Waals surface area contributed by atoms with Gasteiger partial charge in [0.1, 0.15) is 12.4 Å². The summed E-state index contributed by atoms with van der Waals surface area (Å²) in [6.07, 6.45) is 1.81. The lowest BCUT2D eigenvalue weighted by Crippen LogP contribution is -1.96. The van der Waals surface area contributed by atoms with Gasteiger partial charge in [-0.2, -0.15) is 5.26 Å². The van der Waals surface area contributed by atoms with Crippen LogP contribution in [0.15, 0.2) is 77.3 Å². The summed E-state index contributed by atoms with van der Waals surface area (Å²) in [4.78, 5) is 10.3. The van der Waals surface area contributed by atoms with Crippen molar-refractivity contribution in [2.24, 2.45) is 0 Å².